The Morgan fingerprint density at radius 1 is 1.40 bits per heavy atom. The zero-order chi connectivity index (χ0) is 15.4. The van der Waals surface area contributed by atoms with Crippen LogP contribution in [0.2, 0.25) is 0 Å². The molecule has 6 heteroatoms. The van der Waals surface area contributed by atoms with Gasteiger partial charge in [0.15, 0.2) is 0 Å². The molecule has 6 nitrogen and oxygen atoms in total. The fraction of sp³-hybridized carbons (Fsp3) is 0.643. The molecule has 112 valence electrons. The zero-order valence-electron chi connectivity index (χ0n) is 13.1. The lowest BCUT2D eigenvalue weighted by atomic mass is 10.1. The number of hydrogen-bond acceptors (Lipinski definition) is 4. The minimum absolute atomic E-state index is 0.00787. The van der Waals surface area contributed by atoms with Gasteiger partial charge < -0.3 is 9.88 Å². The molecule has 0 aromatic carbocycles. The van der Waals surface area contributed by atoms with Crippen molar-refractivity contribution in [2.24, 2.45) is 0 Å². The second-order valence-electron chi connectivity index (χ2n) is 5.11. The van der Waals surface area contributed by atoms with Crippen molar-refractivity contribution in [2.45, 2.75) is 46.7 Å². The quantitative estimate of drug-likeness (QED) is 0.840. The summed E-state index contributed by atoms with van der Waals surface area (Å²) in [6, 6.07) is -0.592. The van der Waals surface area contributed by atoms with Crippen molar-refractivity contribution in [3.8, 4) is 0 Å². The van der Waals surface area contributed by atoms with E-state index >= 15 is 0 Å². The Labute approximate surface area is 119 Å². The number of likely N-dealkylation sites (N-methyl/N-ethyl adjacent to an activating group) is 1. The average molecular weight is 280 g/mol. The molecule has 0 fully saturated rings. The van der Waals surface area contributed by atoms with Crippen LogP contribution in [0.25, 0.3) is 0 Å². The molecule has 20 heavy (non-hydrogen) atoms. The first-order valence-electron chi connectivity index (χ1n) is 6.86. The monoisotopic (exact) mass is 280 g/mol. The third-order valence-corrected chi connectivity index (χ3v) is 3.42. The van der Waals surface area contributed by atoms with Gasteiger partial charge in [-0.2, -0.15) is 0 Å². The fourth-order valence-corrected chi connectivity index (χ4v) is 2.26. The Morgan fingerprint density at radius 3 is 2.50 bits per heavy atom. The molecule has 1 amide bonds. The number of carbonyl (C=O) groups excluding carboxylic acids is 1. The van der Waals surface area contributed by atoms with Crippen LogP contribution in [-0.2, 0) is 4.79 Å². The lowest BCUT2D eigenvalue weighted by molar-refractivity contribution is -0.131. The van der Waals surface area contributed by atoms with E-state index in [4.69, 9.17) is 0 Å². The van der Waals surface area contributed by atoms with Crippen LogP contribution in [0.4, 0.5) is 0 Å². The molecule has 2 unspecified atom stereocenters. The van der Waals surface area contributed by atoms with E-state index in [1.54, 1.807) is 32.7 Å². The highest BCUT2D eigenvalue weighted by Gasteiger charge is 2.21. The van der Waals surface area contributed by atoms with E-state index in [0.717, 1.165) is 0 Å². The Balaban J connectivity index is 2.90. The maximum atomic E-state index is 12.0. The number of aromatic nitrogens is 2. The molecule has 0 bridgehead atoms. The van der Waals surface area contributed by atoms with Crippen LogP contribution < -0.4 is 10.9 Å². The summed E-state index contributed by atoms with van der Waals surface area (Å²) < 4.78 is 0. The van der Waals surface area contributed by atoms with Crippen molar-refractivity contribution in [3.05, 3.63) is 27.4 Å². The maximum absolute atomic E-state index is 12.0. The Bertz CT molecular complexity index is 538. The summed E-state index contributed by atoms with van der Waals surface area (Å²) in [4.78, 5) is 32.7. The summed E-state index contributed by atoms with van der Waals surface area (Å²) >= 11 is 0. The van der Waals surface area contributed by atoms with E-state index in [2.05, 4.69) is 15.3 Å². The van der Waals surface area contributed by atoms with Crippen LogP contribution in [0, 0.1) is 13.8 Å². The second-order valence-corrected chi connectivity index (χ2v) is 5.11. The highest BCUT2D eigenvalue weighted by atomic mass is 16.2. The van der Waals surface area contributed by atoms with Gasteiger partial charge in [-0.3, -0.25) is 14.9 Å². The molecule has 2 atom stereocenters. The van der Waals surface area contributed by atoms with Gasteiger partial charge in [-0.25, -0.2) is 4.98 Å². The fourth-order valence-electron chi connectivity index (χ4n) is 2.26. The Morgan fingerprint density at radius 2 is 2.00 bits per heavy atom. The molecule has 0 aliphatic carbocycles. The predicted octanol–water partition coefficient (Wildman–Crippen LogP) is 0.904. The number of nitrogens with one attached hydrogen (secondary N) is 2. The molecule has 0 saturated heterocycles. The third-order valence-electron chi connectivity index (χ3n) is 3.42. The van der Waals surface area contributed by atoms with Gasteiger partial charge in [0.25, 0.3) is 5.56 Å². The molecule has 0 aliphatic rings. The zero-order valence-corrected chi connectivity index (χ0v) is 13.1. The van der Waals surface area contributed by atoms with E-state index in [1.165, 1.54) is 0 Å². The summed E-state index contributed by atoms with van der Waals surface area (Å²) in [5.41, 5.74) is 1.11. The number of carbonyl (C=O) groups is 1. The molecule has 0 saturated carbocycles. The van der Waals surface area contributed by atoms with E-state index in [-0.39, 0.29) is 23.6 Å². The number of aryl methyl sites for hydroxylation is 2. The van der Waals surface area contributed by atoms with E-state index < -0.39 is 0 Å². The maximum Gasteiger partial charge on any atom is 0.255 e. The number of hydrogen-bond donors (Lipinski definition) is 2. The number of H-pyrrole nitrogens is 1. The van der Waals surface area contributed by atoms with Gasteiger partial charge in [0.1, 0.15) is 5.82 Å². The van der Waals surface area contributed by atoms with Gasteiger partial charge in [-0.1, -0.05) is 0 Å². The molecule has 2 N–H and O–H groups in total. The molecule has 0 aliphatic heterocycles. The van der Waals surface area contributed by atoms with Crippen LogP contribution in [0.3, 0.4) is 0 Å². The Hall–Kier alpha value is -1.69. The predicted molar refractivity (Wildman–Crippen MR) is 78.7 cm³/mol. The van der Waals surface area contributed by atoms with Crippen molar-refractivity contribution in [1.29, 1.82) is 0 Å². The highest BCUT2D eigenvalue weighted by Crippen LogP contribution is 2.12. The summed E-state index contributed by atoms with van der Waals surface area (Å²) in [5, 5.41) is 3.16. The van der Waals surface area contributed by atoms with Crippen molar-refractivity contribution in [1.82, 2.24) is 20.2 Å². The van der Waals surface area contributed by atoms with Crippen molar-refractivity contribution < 1.29 is 4.79 Å². The number of aromatic amines is 1. The molecule has 1 aromatic rings. The molecule has 1 rings (SSSR count). The van der Waals surface area contributed by atoms with Crippen molar-refractivity contribution in [2.75, 3.05) is 13.6 Å². The number of nitrogens with zero attached hydrogens (tertiary/aromatic N) is 2. The first kappa shape index (κ1) is 16.4. The van der Waals surface area contributed by atoms with E-state index in [1.807, 2.05) is 13.8 Å². The standard InChI is InChI=1S/C14H24N4O2/c1-7-18(6)14(20)10(4)15-8(2)12-9(3)16-11(5)17-13(12)19/h8,10,15H,7H2,1-6H3,(H,16,17,19). The van der Waals surface area contributed by atoms with Gasteiger partial charge >= 0.3 is 0 Å². The highest BCUT2D eigenvalue weighted by molar-refractivity contribution is 5.81. The van der Waals surface area contributed by atoms with Gasteiger partial charge in [0.05, 0.1) is 11.6 Å². The molecule has 0 spiro atoms. The molecule has 1 aromatic heterocycles. The first-order chi connectivity index (χ1) is 9.27. The second kappa shape index (κ2) is 6.65. The molecular formula is C14H24N4O2. The molecular weight excluding hydrogens is 256 g/mol. The summed E-state index contributed by atoms with van der Waals surface area (Å²) in [5.74, 6) is 0.604. The summed E-state index contributed by atoms with van der Waals surface area (Å²) in [7, 11) is 1.76. The number of rotatable bonds is 5. The smallest absolute Gasteiger partial charge is 0.255 e. The van der Waals surface area contributed by atoms with Gasteiger partial charge in [-0.05, 0) is 34.6 Å². The first-order valence-corrected chi connectivity index (χ1v) is 6.86. The van der Waals surface area contributed by atoms with Crippen LogP contribution in [0.15, 0.2) is 4.79 Å². The van der Waals surface area contributed by atoms with Gasteiger partial charge in [0, 0.05) is 25.3 Å². The lowest BCUT2D eigenvalue weighted by Crippen LogP contribution is -2.44. The van der Waals surface area contributed by atoms with Crippen molar-refractivity contribution in [3.63, 3.8) is 0 Å². The van der Waals surface area contributed by atoms with Crippen LogP contribution in [0.5, 0.6) is 0 Å². The Kier molecular flexibility index (Phi) is 5.44. The summed E-state index contributed by atoms with van der Waals surface area (Å²) in [6.45, 7) is 9.80. The van der Waals surface area contributed by atoms with Crippen LogP contribution >= 0.6 is 0 Å². The lowest BCUT2D eigenvalue weighted by Gasteiger charge is -2.24. The SMILES string of the molecule is CCN(C)C(=O)C(C)NC(C)c1c(C)nc(C)[nH]c1=O. The topological polar surface area (TPSA) is 78.1 Å². The van der Waals surface area contributed by atoms with E-state index in [9.17, 15) is 9.59 Å². The minimum atomic E-state index is -0.352. The molecule has 0 radical (unpaired) electrons. The van der Waals surface area contributed by atoms with Crippen LogP contribution in [-0.4, -0.2) is 40.4 Å². The van der Waals surface area contributed by atoms with Gasteiger partial charge in [-0.15, -0.1) is 0 Å². The average Bonchev–Trinajstić information content (AvgIpc) is 2.35. The van der Waals surface area contributed by atoms with Gasteiger partial charge in [0.2, 0.25) is 5.91 Å². The molecule has 1 heterocycles. The van der Waals surface area contributed by atoms with Crippen molar-refractivity contribution >= 4 is 5.91 Å². The van der Waals surface area contributed by atoms with Crippen LogP contribution in [0.1, 0.15) is 43.9 Å². The van der Waals surface area contributed by atoms with E-state index in [0.29, 0.717) is 23.6 Å². The normalized spacial score (nSPS) is 13.9. The largest absolute Gasteiger partial charge is 0.345 e. The third kappa shape index (κ3) is 3.66. The number of amides is 1. The minimum Gasteiger partial charge on any atom is -0.345 e. The summed E-state index contributed by atoms with van der Waals surface area (Å²) in [6.07, 6.45) is 0.